The molecule has 3 nitrogen and oxygen atoms in total. The second-order valence-electron chi connectivity index (χ2n) is 7.64. The van der Waals surface area contributed by atoms with Crippen LogP contribution in [0.25, 0.3) is 0 Å². The standard InChI is InChI=1S/C16H33N3/c1-5-14-11-18(4)9-6-10-19(14)16(13-17)8-7-15(2,3)12-16/h14H,5-13,17H2,1-4H3. The summed E-state index contributed by atoms with van der Waals surface area (Å²) in [6.07, 6.45) is 6.42. The largest absolute Gasteiger partial charge is 0.329 e. The van der Waals surface area contributed by atoms with E-state index in [0.29, 0.717) is 11.5 Å². The summed E-state index contributed by atoms with van der Waals surface area (Å²) in [4.78, 5) is 5.30. The molecule has 1 heterocycles. The van der Waals surface area contributed by atoms with Gasteiger partial charge < -0.3 is 10.6 Å². The number of nitrogens with two attached hydrogens (primary N) is 1. The zero-order valence-electron chi connectivity index (χ0n) is 13.4. The van der Waals surface area contributed by atoms with E-state index in [1.165, 1.54) is 51.7 Å². The Bertz CT molecular complexity index is 302. The fraction of sp³-hybridized carbons (Fsp3) is 1.00. The van der Waals surface area contributed by atoms with Crippen molar-refractivity contribution in [3.8, 4) is 0 Å². The first-order valence-corrected chi connectivity index (χ1v) is 8.08. The number of nitrogens with zero attached hydrogens (tertiary/aromatic N) is 2. The van der Waals surface area contributed by atoms with Gasteiger partial charge in [-0.1, -0.05) is 20.8 Å². The summed E-state index contributed by atoms with van der Waals surface area (Å²) < 4.78 is 0. The molecule has 1 saturated heterocycles. The normalized spacial score (nSPS) is 37.4. The van der Waals surface area contributed by atoms with Gasteiger partial charge in [0.05, 0.1) is 0 Å². The summed E-state index contributed by atoms with van der Waals surface area (Å²) in [5.41, 5.74) is 7.01. The molecule has 0 radical (unpaired) electrons. The van der Waals surface area contributed by atoms with Crippen LogP contribution in [0.4, 0.5) is 0 Å². The summed E-state index contributed by atoms with van der Waals surface area (Å²) >= 11 is 0. The molecule has 2 atom stereocenters. The third-order valence-electron chi connectivity index (χ3n) is 5.44. The van der Waals surface area contributed by atoms with Crippen molar-refractivity contribution in [3.05, 3.63) is 0 Å². The van der Waals surface area contributed by atoms with Crippen LogP contribution in [0.15, 0.2) is 0 Å². The molecule has 0 amide bonds. The van der Waals surface area contributed by atoms with Gasteiger partial charge in [0.1, 0.15) is 0 Å². The van der Waals surface area contributed by atoms with E-state index in [9.17, 15) is 0 Å². The predicted molar refractivity (Wildman–Crippen MR) is 82.3 cm³/mol. The molecule has 2 aliphatic rings. The van der Waals surface area contributed by atoms with Crippen molar-refractivity contribution in [3.63, 3.8) is 0 Å². The van der Waals surface area contributed by atoms with Crippen LogP contribution in [0.3, 0.4) is 0 Å². The van der Waals surface area contributed by atoms with Gasteiger partial charge in [0.15, 0.2) is 0 Å². The lowest BCUT2D eigenvalue weighted by molar-refractivity contribution is 0.0437. The topological polar surface area (TPSA) is 32.5 Å². The highest BCUT2D eigenvalue weighted by atomic mass is 15.3. The summed E-state index contributed by atoms with van der Waals surface area (Å²) in [6, 6.07) is 0.685. The fourth-order valence-electron chi connectivity index (χ4n) is 4.39. The minimum absolute atomic E-state index is 0.273. The van der Waals surface area contributed by atoms with Gasteiger partial charge in [0, 0.05) is 31.2 Å². The molecule has 0 bridgehead atoms. The molecule has 3 heteroatoms. The van der Waals surface area contributed by atoms with E-state index in [0.717, 1.165) is 6.54 Å². The first kappa shape index (κ1) is 15.3. The molecule has 2 fully saturated rings. The Kier molecular flexibility index (Phi) is 4.59. The molecular weight excluding hydrogens is 234 g/mol. The first-order valence-electron chi connectivity index (χ1n) is 8.08. The average molecular weight is 267 g/mol. The van der Waals surface area contributed by atoms with Crippen molar-refractivity contribution in [2.24, 2.45) is 11.1 Å². The zero-order valence-corrected chi connectivity index (χ0v) is 13.4. The quantitative estimate of drug-likeness (QED) is 0.852. The van der Waals surface area contributed by atoms with Gasteiger partial charge in [-0.15, -0.1) is 0 Å². The van der Waals surface area contributed by atoms with E-state index in [4.69, 9.17) is 5.73 Å². The number of rotatable bonds is 3. The smallest absolute Gasteiger partial charge is 0.0340 e. The van der Waals surface area contributed by atoms with Crippen LogP contribution in [-0.4, -0.2) is 54.6 Å². The minimum atomic E-state index is 0.273. The van der Waals surface area contributed by atoms with E-state index in [1.54, 1.807) is 0 Å². The minimum Gasteiger partial charge on any atom is -0.329 e. The maximum atomic E-state index is 6.27. The molecular formula is C16H33N3. The number of likely N-dealkylation sites (N-methyl/N-ethyl adjacent to an activating group) is 1. The Morgan fingerprint density at radius 2 is 1.95 bits per heavy atom. The van der Waals surface area contributed by atoms with Crippen LogP contribution < -0.4 is 5.73 Å². The summed E-state index contributed by atoms with van der Waals surface area (Å²) in [5.74, 6) is 0. The monoisotopic (exact) mass is 267 g/mol. The van der Waals surface area contributed by atoms with E-state index < -0.39 is 0 Å². The lowest BCUT2D eigenvalue weighted by Gasteiger charge is -2.45. The van der Waals surface area contributed by atoms with Gasteiger partial charge in [-0.3, -0.25) is 4.90 Å². The first-order chi connectivity index (χ1) is 8.92. The van der Waals surface area contributed by atoms with Gasteiger partial charge in [0.2, 0.25) is 0 Å². The molecule has 1 saturated carbocycles. The van der Waals surface area contributed by atoms with Crippen molar-refractivity contribution in [2.75, 3.05) is 33.2 Å². The van der Waals surface area contributed by atoms with Crippen LogP contribution in [0.2, 0.25) is 0 Å². The van der Waals surface area contributed by atoms with Crippen LogP contribution >= 0.6 is 0 Å². The average Bonchev–Trinajstić information content (AvgIpc) is 2.56. The Hall–Kier alpha value is -0.120. The van der Waals surface area contributed by atoms with Gasteiger partial charge in [-0.25, -0.2) is 0 Å². The van der Waals surface area contributed by atoms with Gasteiger partial charge in [0.25, 0.3) is 0 Å². The van der Waals surface area contributed by atoms with E-state index in [2.05, 4.69) is 37.6 Å². The van der Waals surface area contributed by atoms with Gasteiger partial charge >= 0.3 is 0 Å². The van der Waals surface area contributed by atoms with Crippen molar-refractivity contribution in [2.45, 2.75) is 64.5 Å². The molecule has 0 aromatic carbocycles. The molecule has 2 N–H and O–H groups in total. The Balaban J connectivity index is 2.20. The van der Waals surface area contributed by atoms with E-state index >= 15 is 0 Å². The van der Waals surface area contributed by atoms with Crippen molar-refractivity contribution in [1.29, 1.82) is 0 Å². The second kappa shape index (κ2) is 5.71. The Morgan fingerprint density at radius 3 is 2.47 bits per heavy atom. The molecule has 2 unspecified atom stereocenters. The third-order valence-corrected chi connectivity index (χ3v) is 5.44. The molecule has 19 heavy (non-hydrogen) atoms. The maximum Gasteiger partial charge on any atom is 0.0340 e. The number of hydrogen-bond donors (Lipinski definition) is 1. The maximum absolute atomic E-state index is 6.27. The van der Waals surface area contributed by atoms with Crippen molar-refractivity contribution >= 4 is 0 Å². The highest BCUT2D eigenvalue weighted by Crippen LogP contribution is 2.47. The fourth-order valence-corrected chi connectivity index (χ4v) is 4.39. The lowest BCUT2D eigenvalue weighted by Crippen LogP contribution is -2.57. The molecule has 1 aliphatic carbocycles. The Labute approximate surface area is 119 Å². The van der Waals surface area contributed by atoms with Crippen LogP contribution in [0, 0.1) is 5.41 Å². The van der Waals surface area contributed by atoms with Crippen molar-refractivity contribution in [1.82, 2.24) is 9.80 Å². The van der Waals surface area contributed by atoms with Crippen LogP contribution in [0.5, 0.6) is 0 Å². The zero-order chi connectivity index (χ0) is 14.1. The summed E-state index contributed by atoms with van der Waals surface area (Å²) in [6.45, 7) is 11.7. The molecule has 0 aromatic rings. The van der Waals surface area contributed by atoms with E-state index in [1.807, 2.05) is 0 Å². The van der Waals surface area contributed by atoms with Crippen molar-refractivity contribution < 1.29 is 0 Å². The van der Waals surface area contributed by atoms with Crippen LogP contribution in [0.1, 0.15) is 52.9 Å². The molecule has 0 spiro atoms. The Morgan fingerprint density at radius 1 is 1.21 bits per heavy atom. The van der Waals surface area contributed by atoms with E-state index in [-0.39, 0.29) is 5.54 Å². The highest BCUT2D eigenvalue weighted by Gasteiger charge is 2.48. The number of hydrogen-bond acceptors (Lipinski definition) is 3. The second-order valence-corrected chi connectivity index (χ2v) is 7.64. The van der Waals surface area contributed by atoms with Crippen LogP contribution in [-0.2, 0) is 0 Å². The summed E-state index contributed by atoms with van der Waals surface area (Å²) in [7, 11) is 2.26. The molecule has 112 valence electrons. The SMILES string of the molecule is CCC1CN(C)CCCN1C1(CN)CCC(C)(C)C1. The summed E-state index contributed by atoms with van der Waals surface area (Å²) in [5, 5.41) is 0. The van der Waals surface area contributed by atoms with Gasteiger partial charge in [-0.05, 0) is 51.1 Å². The predicted octanol–water partition coefficient (Wildman–Crippen LogP) is 2.31. The molecule has 0 aromatic heterocycles. The third kappa shape index (κ3) is 3.14. The molecule has 1 aliphatic heterocycles. The molecule has 2 rings (SSSR count). The van der Waals surface area contributed by atoms with Gasteiger partial charge in [-0.2, -0.15) is 0 Å². The highest BCUT2D eigenvalue weighted by molar-refractivity contribution is 5.04. The lowest BCUT2D eigenvalue weighted by atomic mass is 9.85.